The lowest BCUT2D eigenvalue weighted by Gasteiger charge is -2.41. The third kappa shape index (κ3) is 2.89. The minimum Gasteiger partial charge on any atom is -0.336 e. The number of amides is 3. The molecule has 1 saturated heterocycles. The lowest BCUT2D eigenvalue weighted by molar-refractivity contribution is -0.135. The smallest absolute Gasteiger partial charge is 0.331 e. The van der Waals surface area contributed by atoms with Crippen molar-refractivity contribution in [2.45, 2.75) is 45.2 Å². The molecule has 0 unspecified atom stereocenters. The number of amidine groups is 1. The van der Waals surface area contributed by atoms with Crippen LogP contribution in [-0.2, 0) is 4.79 Å². The molecule has 0 bridgehead atoms. The van der Waals surface area contributed by atoms with E-state index in [0.29, 0.717) is 24.7 Å². The van der Waals surface area contributed by atoms with E-state index in [1.807, 2.05) is 35.2 Å². The van der Waals surface area contributed by atoms with Gasteiger partial charge in [0.15, 0.2) is 5.82 Å². The first-order valence-corrected chi connectivity index (χ1v) is 10.6. The Morgan fingerprint density at radius 1 is 1.13 bits per heavy atom. The fourth-order valence-electron chi connectivity index (χ4n) is 4.89. The van der Waals surface area contributed by atoms with Crippen LogP contribution in [0.2, 0.25) is 0 Å². The van der Waals surface area contributed by atoms with E-state index in [9.17, 15) is 9.59 Å². The van der Waals surface area contributed by atoms with E-state index in [0.717, 1.165) is 30.5 Å². The van der Waals surface area contributed by atoms with Crippen molar-refractivity contribution in [3.05, 3.63) is 42.1 Å². The van der Waals surface area contributed by atoms with Crippen molar-refractivity contribution in [1.82, 2.24) is 19.6 Å². The van der Waals surface area contributed by atoms with Crippen LogP contribution in [0.25, 0.3) is 5.69 Å². The Balaban J connectivity index is 1.55. The maximum absolute atomic E-state index is 13.4. The average molecular weight is 406 g/mol. The van der Waals surface area contributed by atoms with Crippen molar-refractivity contribution in [3.63, 3.8) is 0 Å². The van der Waals surface area contributed by atoms with Crippen LogP contribution < -0.4 is 4.90 Å². The zero-order chi connectivity index (χ0) is 20.8. The number of para-hydroxylation sites is 1. The summed E-state index contributed by atoms with van der Waals surface area (Å²) in [6.45, 7) is 5.29. The summed E-state index contributed by atoms with van der Waals surface area (Å²) in [5, 5.41) is 4.55. The molecule has 0 spiro atoms. The van der Waals surface area contributed by atoms with E-state index in [-0.39, 0.29) is 30.6 Å². The average Bonchev–Trinajstić information content (AvgIpc) is 3.39. The van der Waals surface area contributed by atoms with Crippen molar-refractivity contribution in [2.24, 2.45) is 4.99 Å². The number of hydrogen-bond acceptors (Lipinski definition) is 4. The minimum absolute atomic E-state index is 0.00280. The largest absolute Gasteiger partial charge is 0.336 e. The number of piperidine rings is 1. The molecule has 0 saturated carbocycles. The third-order valence-electron chi connectivity index (χ3n) is 6.32. The Hall–Kier alpha value is -3.16. The molecule has 3 aliphatic rings. The highest BCUT2D eigenvalue weighted by Crippen LogP contribution is 2.33. The van der Waals surface area contributed by atoms with E-state index < -0.39 is 0 Å². The number of nitrogens with zero attached hydrogens (tertiary/aromatic N) is 6. The molecule has 8 heteroatoms. The van der Waals surface area contributed by atoms with Gasteiger partial charge in [0.05, 0.1) is 24.0 Å². The molecule has 2 atom stereocenters. The molecule has 3 aliphatic heterocycles. The fraction of sp³-hybridized carbons (Fsp3) is 0.455. The van der Waals surface area contributed by atoms with Gasteiger partial charge < -0.3 is 4.90 Å². The Kier molecular flexibility index (Phi) is 4.56. The molecule has 156 valence electrons. The van der Waals surface area contributed by atoms with Gasteiger partial charge in [-0.2, -0.15) is 5.10 Å². The molecule has 1 aromatic carbocycles. The number of hydrogen-bond donors (Lipinski definition) is 0. The van der Waals surface area contributed by atoms with E-state index in [2.05, 4.69) is 23.9 Å². The van der Waals surface area contributed by atoms with Crippen molar-refractivity contribution in [1.29, 1.82) is 0 Å². The Morgan fingerprint density at radius 2 is 1.87 bits per heavy atom. The van der Waals surface area contributed by atoms with Gasteiger partial charge in [-0.3, -0.25) is 19.6 Å². The Labute approximate surface area is 175 Å². The lowest BCUT2D eigenvalue weighted by atomic mass is 9.97. The van der Waals surface area contributed by atoms with Crippen LogP contribution in [0, 0.1) is 0 Å². The maximum Gasteiger partial charge on any atom is 0.331 e. The molecular weight excluding hydrogens is 380 g/mol. The second kappa shape index (κ2) is 7.27. The van der Waals surface area contributed by atoms with Crippen molar-refractivity contribution in [3.8, 4) is 5.69 Å². The summed E-state index contributed by atoms with van der Waals surface area (Å²) in [4.78, 5) is 36.5. The number of benzene rings is 1. The zero-order valence-corrected chi connectivity index (χ0v) is 17.4. The quantitative estimate of drug-likeness (QED) is 0.787. The Bertz CT molecular complexity index is 1000. The number of aliphatic imine (C=N–C) groups is 1. The number of urea groups is 1. The monoisotopic (exact) mass is 406 g/mol. The van der Waals surface area contributed by atoms with Crippen LogP contribution in [0.4, 0.5) is 10.6 Å². The normalized spacial score (nSPS) is 23.3. The van der Waals surface area contributed by atoms with Gasteiger partial charge in [-0.05, 0) is 45.2 Å². The van der Waals surface area contributed by atoms with Gasteiger partial charge in [0.1, 0.15) is 12.4 Å². The molecule has 8 nitrogen and oxygen atoms in total. The van der Waals surface area contributed by atoms with Gasteiger partial charge >= 0.3 is 6.03 Å². The molecule has 30 heavy (non-hydrogen) atoms. The summed E-state index contributed by atoms with van der Waals surface area (Å²) >= 11 is 0. The summed E-state index contributed by atoms with van der Waals surface area (Å²) < 4.78 is 1.74. The number of rotatable bonds is 3. The molecule has 1 aromatic heterocycles. The molecule has 2 aromatic rings. The minimum atomic E-state index is -0.206. The predicted octanol–water partition coefficient (Wildman–Crippen LogP) is 2.66. The van der Waals surface area contributed by atoms with Crippen molar-refractivity contribution < 1.29 is 9.59 Å². The summed E-state index contributed by atoms with van der Waals surface area (Å²) in [7, 11) is 0. The molecular formula is C22H26N6O2. The van der Waals surface area contributed by atoms with E-state index >= 15 is 0 Å². The van der Waals surface area contributed by atoms with Crippen LogP contribution in [0.5, 0.6) is 0 Å². The summed E-state index contributed by atoms with van der Waals surface area (Å²) in [6, 6.07) is 9.84. The molecule has 4 heterocycles. The van der Waals surface area contributed by atoms with Gasteiger partial charge in [-0.25, -0.2) is 9.48 Å². The highest BCUT2D eigenvalue weighted by molar-refractivity contribution is 6.20. The Morgan fingerprint density at radius 3 is 2.60 bits per heavy atom. The molecule has 0 radical (unpaired) electrons. The number of carbonyl (C=O) groups is 2. The number of anilines is 1. The topological polar surface area (TPSA) is 74.0 Å². The van der Waals surface area contributed by atoms with Crippen LogP contribution in [-0.4, -0.2) is 69.1 Å². The SMILES string of the molecule is C[C@@H]1CCC[C@@H](C)N1C(=O)CN1C(=O)N2CCN=C2c2cnn(-c3ccccc3)c21. The van der Waals surface area contributed by atoms with Gasteiger partial charge in [0.25, 0.3) is 0 Å². The number of carbonyl (C=O) groups excluding carboxylic acids is 2. The first-order valence-electron chi connectivity index (χ1n) is 10.6. The van der Waals surface area contributed by atoms with E-state index in [4.69, 9.17) is 0 Å². The van der Waals surface area contributed by atoms with Crippen LogP contribution in [0.1, 0.15) is 38.7 Å². The van der Waals surface area contributed by atoms with Crippen LogP contribution in [0.15, 0.2) is 41.5 Å². The molecule has 5 rings (SSSR count). The summed E-state index contributed by atoms with van der Waals surface area (Å²) in [5.41, 5.74) is 1.64. The van der Waals surface area contributed by atoms with E-state index in [1.54, 1.807) is 20.7 Å². The molecule has 3 amide bonds. The summed E-state index contributed by atoms with van der Waals surface area (Å²) in [5.74, 6) is 1.25. The second-order valence-corrected chi connectivity index (χ2v) is 8.28. The first kappa shape index (κ1) is 18.8. The van der Waals surface area contributed by atoms with E-state index in [1.165, 1.54) is 0 Å². The van der Waals surface area contributed by atoms with Gasteiger partial charge in [-0.15, -0.1) is 0 Å². The third-order valence-corrected chi connectivity index (χ3v) is 6.32. The molecule has 1 fully saturated rings. The zero-order valence-electron chi connectivity index (χ0n) is 17.4. The summed E-state index contributed by atoms with van der Waals surface area (Å²) in [6.07, 6.45) is 4.88. The number of fused-ring (bicyclic) bond motifs is 3. The maximum atomic E-state index is 13.4. The number of likely N-dealkylation sites (tertiary alicyclic amines) is 1. The van der Waals surface area contributed by atoms with Crippen molar-refractivity contribution in [2.75, 3.05) is 24.5 Å². The lowest BCUT2D eigenvalue weighted by Crippen LogP contribution is -2.56. The van der Waals surface area contributed by atoms with Crippen molar-refractivity contribution >= 4 is 23.6 Å². The van der Waals surface area contributed by atoms with Crippen LogP contribution >= 0.6 is 0 Å². The number of aromatic nitrogens is 2. The highest BCUT2D eigenvalue weighted by Gasteiger charge is 2.42. The predicted molar refractivity (Wildman–Crippen MR) is 114 cm³/mol. The highest BCUT2D eigenvalue weighted by atomic mass is 16.2. The molecule has 0 N–H and O–H groups in total. The van der Waals surface area contributed by atoms with Gasteiger partial charge in [0, 0.05) is 18.6 Å². The van der Waals surface area contributed by atoms with Gasteiger partial charge in [0.2, 0.25) is 5.91 Å². The standard InChI is InChI=1S/C22H26N6O2/c1-15-7-6-8-16(2)27(15)19(29)14-26-21-18(20-23-11-12-25(20)22(26)30)13-24-28(21)17-9-4-3-5-10-17/h3-5,9-10,13,15-16H,6-8,11-12,14H2,1-2H3/t15-,16-/m1/s1. The fourth-order valence-corrected chi connectivity index (χ4v) is 4.89. The van der Waals surface area contributed by atoms with Gasteiger partial charge in [-0.1, -0.05) is 18.2 Å². The first-order chi connectivity index (χ1) is 14.6. The second-order valence-electron chi connectivity index (χ2n) is 8.28. The van der Waals surface area contributed by atoms with Crippen LogP contribution in [0.3, 0.4) is 0 Å². The molecule has 0 aliphatic carbocycles.